The molecule has 0 aliphatic carbocycles. The minimum absolute atomic E-state index is 0.259. The normalized spacial score (nSPS) is 12.8. The van der Waals surface area contributed by atoms with Crippen LogP contribution in [0, 0.1) is 0 Å². The first kappa shape index (κ1) is 19.9. The molecule has 23 heavy (non-hydrogen) atoms. The third-order valence-electron chi connectivity index (χ3n) is 2.94. The summed E-state index contributed by atoms with van der Waals surface area (Å²) in [6.45, 7) is 9.25. The molecule has 0 heterocycles. The molecule has 0 fully saturated rings. The van der Waals surface area contributed by atoms with Crippen molar-refractivity contribution in [2.24, 2.45) is 0 Å². The molecule has 1 rings (SSSR count). The van der Waals surface area contributed by atoms with Gasteiger partial charge in [-0.15, -0.1) is 0 Å². The number of hydrogen-bond donors (Lipinski definition) is 2. The molecule has 0 aromatic heterocycles. The van der Waals surface area contributed by atoms with Crippen LogP contribution in [0.3, 0.4) is 0 Å². The molecule has 6 heteroatoms. The summed E-state index contributed by atoms with van der Waals surface area (Å²) in [7, 11) is 0. The molecule has 0 spiro atoms. The first-order chi connectivity index (χ1) is 10.7. The zero-order valence-corrected chi connectivity index (χ0v) is 15.9. The van der Waals surface area contributed by atoms with Crippen LogP contribution in [0.15, 0.2) is 28.7 Å². The standard InChI is InChI=1S/C17H27BrN2O3/c1-13(21)12-20(16(22)23-17(2,3)4)10-9-19-11-14-5-7-15(18)8-6-14/h5-8,13,19,21H,9-12H2,1-4H3. The highest BCUT2D eigenvalue weighted by atomic mass is 79.9. The Bertz CT molecular complexity index is 484. The first-order valence-electron chi connectivity index (χ1n) is 7.78. The summed E-state index contributed by atoms with van der Waals surface area (Å²) in [6.07, 6.45) is -0.988. The van der Waals surface area contributed by atoms with Gasteiger partial charge in [0.15, 0.2) is 0 Å². The lowest BCUT2D eigenvalue weighted by atomic mass is 10.2. The van der Waals surface area contributed by atoms with Crippen LogP contribution in [0.4, 0.5) is 4.79 Å². The highest BCUT2D eigenvalue weighted by Crippen LogP contribution is 2.11. The number of aliphatic hydroxyl groups is 1. The Morgan fingerprint density at radius 3 is 2.48 bits per heavy atom. The Morgan fingerprint density at radius 2 is 1.96 bits per heavy atom. The number of amides is 1. The number of rotatable bonds is 7. The highest BCUT2D eigenvalue weighted by molar-refractivity contribution is 9.10. The SMILES string of the molecule is CC(O)CN(CCNCc1ccc(Br)cc1)C(=O)OC(C)(C)C. The average molecular weight is 387 g/mol. The highest BCUT2D eigenvalue weighted by Gasteiger charge is 2.22. The van der Waals surface area contributed by atoms with E-state index in [-0.39, 0.29) is 6.54 Å². The molecule has 0 aliphatic heterocycles. The molecule has 130 valence electrons. The van der Waals surface area contributed by atoms with Crippen LogP contribution in [0.2, 0.25) is 0 Å². The summed E-state index contributed by atoms with van der Waals surface area (Å²) in [4.78, 5) is 13.7. The predicted molar refractivity (Wildman–Crippen MR) is 95.3 cm³/mol. The second-order valence-electron chi connectivity index (χ2n) is 6.58. The van der Waals surface area contributed by atoms with Crippen molar-refractivity contribution in [1.29, 1.82) is 0 Å². The van der Waals surface area contributed by atoms with E-state index in [9.17, 15) is 9.90 Å². The summed E-state index contributed by atoms with van der Waals surface area (Å²) < 4.78 is 6.42. The van der Waals surface area contributed by atoms with Crippen molar-refractivity contribution in [1.82, 2.24) is 10.2 Å². The second-order valence-corrected chi connectivity index (χ2v) is 7.49. The van der Waals surface area contributed by atoms with E-state index in [1.165, 1.54) is 10.5 Å². The van der Waals surface area contributed by atoms with E-state index in [0.717, 1.165) is 11.0 Å². The first-order valence-corrected chi connectivity index (χ1v) is 8.58. The Balaban J connectivity index is 2.44. The molecule has 0 saturated carbocycles. The van der Waals surface area contributed by atoms with Crippen molar-refractivity contribution in [3.05, 3.63) is 34.3 Å². The van der Waals surface area contributed by atoms with Crippen LogP contribution < -0.4 is 5.32 Å². The van der Waals surface area contributed by atoms with Gasteiger partial charge in [-0.2, -0.15) is 0 Å². The fraction of sp³-hybridized carbons (Fsp3) is 0.588. The molecule has 0 radical (unpaired) electrons. The molecule has 2 N–H and O–H groups in total. The van der Waals surface area contributed by atoms with E-state index in [0.29, 0.717) is 13.1 Å². The monoisotopic (exact) mass is 386 g/mol. The van der Waals surface area contributed by atoms with Gasteiger partial charge in [-0.05, 0) is 45.4 Å². The quantitative estimate of drug-likeness (QED) is 0.706. The van der Waals surface area contributed by atoms with Gasteiger partial charge in [0, 0.05) is 30.7 Å². The number of carbonyl (C=O) groups excluding carboxylic acids is 1. The van der Waals surface area contributed by atoms with Crippen molar-refractivity contribution in [3.63, 3.8) is 0 Å². The zero-order chi connectivity index (χ0) is 17.5. The summed E-state index contributed by atoms with van der Waals surface area (Å²) in [5, 5.41) is 12.9. The largest absolute Gasteiger partial charge is 0.444 e. The van der Waals surface area contributed by atoms with Gasteiger partial charge < -0.3 is 20.1 Å². The predicted octanol–water partition coefficient (Wildman–Crippen LogP) is 3.16. The molecule has 0 saturated heterocycles. The van der Waals surface area contributed by atoms with E-state index in [1.54, 1.807) is 6.92 Å². The van der Waals surface area contributed by atoms with Gasteiger partial charge in [0.25, 0.3) is 0 Å². The van der Waals surface area contributed by atoms with Gasteiger partial charge in [0.1, 0.15) is 5.60 Å². The number of carbonyl (C=O) groups is 1. The summed E-state index contributed by atoms with van der Waals surface area (Å²) in [6, 6.07) is 8.08. The maximum atomic E-state index is 12.2. The van der Waals surface area contributed by atoms with E-state index in [1.807, 2.05) is 45.0 Å². The lowest BCUT2D eigenvalue weighted by molar-refractivity contribution is 0.0164. The van der Waals surface area contributed by atoms with Gasteiger partial charge in [-0.3, -0.25) is 0 Å². The molecule has 1 aromatic carbocycles. The number of hydrogen-bond acceptors (Lipinski definition) is 4. The van der Waals surface area contributed by atoms with Crippen LogP contribution in [0.5, 0.6) is 0 Å². The van der Waals surface area contributed by atoms with E-state index in [4.69, 9.17) is 4.74 Å². The smallest absolute Gasteiger partial charge is 0.410 e. The zero-order valence-electron chi connectivity index (χ0n) is 14.3. The maximum Gasteiger partial charge on any atom is 0.410 e. The van der Waals surface area contributed by atoms with E-state index < -0.39 is 17.8 Å². The number of aliphatic hydroxyl groups excluding tert-OH is 1. The van der Waals surface area contributed by atoms with Crippen LogP contribution in [-0.4, -0.2) is 47.4 Å². The number of nitrogens with one attached hydrogen (secondary N) is 1. The third-order valence-corrected chi connectivity index (χ3v) is 3.47. The van der Waals surface area contributed by atoms with Crippen LogP contribution in [-0.2, 0) is 11.3 Å². The molecule has 1 unspecified atom stereocenters. The minimum atomic E-state index is -0.589. The van der Waals surface area contributed by atoms with Gasteiger partial charge >= 0.3 is 6.09 Å². The van der Waals surface area contributed by atoms with Crippen LogP contribution >= 0.6 is 15.9 Å². The van der Waals surface area contributed by atoms with Crippen LogP contribution in [0.1, 0.15) is 33.3 Å². The van der Waals surface area contributed by atoms with Crippen molar-refractivity contribution >= 4 is 22.0 Å². The van der Waals surface area contributed by atoms with E-state index >= 15 is 0 Å². The lowest BCUT2D eigenvalue weighted by Crippen LogP contribution is -2.43. The fourth-order valence-corrected chi connectivity index (χ4v) is 2.22. The Kier molecular flexibility index (Phi) is 8.02. The van der Waals surface area contributed by atoms with Gasteiger partial charge in [0.05, 0.1) is 6.10 Å². The van der Waals surface area contributed by atoms with Gasteiger partial charge in [-0.25, -0.2) is 4.79 Å². The molecule has 0 aliphatic rings. The Morgan fingerprint density at radius 1 is 1.35 bits per heavy atom. The number of halogens is 1. The molecule has 0 bridgehead atoms. The number of benzene rings is 1. The Labute approximate surface area is 147 Å². The number of nitrogens with zero attached hydrogens (tertiary/aromatic N) is 1. The third kappa shape index (κ3) is 8.93. The molecule has 1 aromatic rings. The summed E-state index contributed by atoms with van der Waals surface area (Å²) in [5.74, 6) is 0. The molecular weight excluding hydrogens is 360 g/mol. The summed E-state index contributed by atoms with van der Waals surface area (Å²) >= 11 is 3.41. The van der Waals surface area contributed by atoms with Crippen molar-refractivity contribution in [3.8, 4) is 0 Å². The molecule has 1 amide bonds. The average Bonchev–Trinajstić information content (AvgIpc) is 2.41. The number of ether oxygens (including phenoxy) is 1. The molecule has 5 nitrogen and oxygen atoms in total. The van der Waals surface area contributed by atoms with Gasteiger partial charge in [-0.1, -0.05) is 28.1 Å². The maximum absolute atomic E-state index is 12.2. The van der Waals surface area contributed by atoms with E-state index in [2.05, 4.69) is 21.2 Å². The second kappa shape index (κ2) is 9.25. The minimum Gasteiger partial charge on any atom is -0.444 e. The molecule has 1 atom stereocenters. The summed E-state index contributed by atoms with van der Waals surface area (Å²) in [5.41, 5.74) is 0.631. The van der Waals surface area contributed by atoms with Gasteiger partial charge in [0.2, 0.25) is 0 Å². The van der Waals surface area contributed by atoms with Crippen molar-refractivity contribution in [2.75, 3.05) is 19.6 Å². The molecular formula is C17H27BrN2O3. The van der Waals surface area contributed by atoms with Crippen LogP contribution in [0.25, 0.3) is 0 Å². The van der Waals surface area contributed by atoms with Crippen molar-refractivity contribution < 1.29 is 14.6 Å². The topological polar surface area (TPSA) is 61.8 Å². The lowest BCUT2D eigenvalue weighted by Gasteiger charge is -2.28. The fourth-order valence-electron chi connectivity index (χ4n) is 1.95. The Hall–Kier alpha value is -1.11. The van der Waals surface area contributed by atoms with Crippen molar-refractivity contribution in [2.45, 2.75) is 45.9 Å².